The van der Waals surface area contributed by atoms with Crippen LogP contribution in [0.15, 0.2) is 35.7 Å². The molecule has 0 amide bonds. The van der Waals surface area contributed by atoms with Gasteiger partial charge < -0.3 is 20.5 Å². The van der Waals surface area contributed by atoms with Gasteiger partial charge in [-0.1, -0.05) is 18.3 Å². The van der Waals surface area contributed by atoms with Gasteiger partial charge in [0.1, 0.15) is 16.6 Å². The lowest BCUT2D eigenvalue weighted by atomic mass is 9.92. The Balaban J connectivity index is 2.15. The number of nitrogens with zero attached hydrogens (tertiary/aromatic N) is 2. The average Bonchev–Trinajstić information content (AvgIpc) is 2.46. The maximum absolute atomic E-state index is 12.1. The van der Waals surface area contributed by atoms with E-state index in [0.717, 1.165) is 0 Å². The molecule has 7 nitrogen and oxygen atoms in total. The van der Waals surface area contributed by atoms with Crippen molar-refractivity contribution in [1.29, 1.82) is 0 Å². The van der Waals surface area contributed by atoms with Gasteiger partial charge in [0.15, 0.2) is 5.78 Å². The summed E-state index contributed by atoms with van der Waals surface area (Å²) in [6.45, 7) is 0. The summed E-state index contributed by atoms with van der Waals surface area (Å²) in [5, 5.41) is 24.5. The second-order valence-corrected chi connectivity index (χ2v) is 4.85. The zero-order chi connectivity index (χ0) is 15.4. The molecule has 0 fully saturated rings. The Labute approximate surface area is 126 Å². The minimum Gasteiger partial charge on any atom is -0.762 e. The Bertz CT molecular complexity index is 576. The number of Topliss-reactive ketones (excluding diaryl/α,β-unsaturated/α-hetero) is 1. The summed E-state index contributed by atoms with van der Waals surface area (Å²) >= 11 is 5.13. The first-order valence-corrected chi connectivity index (χ1v) is 6.62. The first-order valence-electron chi connectivity index (χ1n) is 6.21. The molecule has 0 aliphatic heterocycles. The molecule has 2 rings (SSSR count). The number of pyridine rings is 1. The third-order valence-electron chi connectivity index (χ3n) is 3.03. The number of aliphatic hydroxyl groups is 1. The van der Waals surface area contributed by atoms with Crippen LogP contribution in [0, 0.1) is 5.21 Å². The highest BCUT2D eigenvalue weighted by Crippen LogP contribution is 2.25. The summed E-state index contributed by atoms with van der Waals surface area (Å²) in [7, 11) is 1.21. The summed E-state index contributed by atoms with van der Waals surface area (Å²) < 4.78 is 0. The van der Waals surface area contributed by atoms with Gasteiger partial charge in [0.25, 0.3) is 0 Å². The molecule has 21 heavy (non-hydrogen) atoms. The molecule has 1 aliphatic rings. The van der Waals surface area contributed by atoms with E-state index in [0.29, 0.717) is 11.0 Å². The maximum Gasteiger partial charge on any atom is 0.170 e. The van der Waals surface area contributed by atoms with Gasteiger partial charge >= 0.3 is 0 Å². The van der Waals surface area contributed by atoms with Crippen molar-refractivity contribution in [2.24, 2.45) is 0 Å². The number of thiocarbonyl (C=S) groups is 1. The number of hydroxylamine groups is 2. The van der Waals surface area contributed by atoms with Crippen molar-refractivity contribution in [2.45, 2.75) is 18.9 Å². The summed E-state index contributed by atoms with van der Waals surface area (Å²) in [6.07, 6.45) is 1.51. The molecule has 0 saturated heterocycles. The van der Waals surface area contributed by atoms with E-state index in [1.807, 2.05) is 0 Å². The molecule has 1 atom stereocenters. The molecule has 1 aromatic rings. The molecule has 112 valence electrons. The molecule has 0 saturated carbocycles. The Morgan fingerprint density at radius 2 is 2.33 bits per heavy atom. The fourth-order valence-corrected chi connectivity index (χ4v) is 2.38. The summed E-state index contributed by atoms with van der Waals surface area (Å²) in [4.78, 5) is 20.7. The largest absolute Gasteiger partial charge is 0.762 e. The van der Waals surface area contributed by atoms with Gasteiger partial charge in [0.2, 0.25) is 0 Å². The first kappa shape index (κ1) is 15.5. The summed E-state index contributed by atoms with van der Waals surface area (Å²) in [5.74, 6) is -0.155. The molecule has 1 aliphatic carbocycles. The van der Waals surface area contributed by atoms with Crippen molar-refractivity contribution in [2.75, 3.05) is 12.4 Å². The highest BCUT2D eigenvalue weighted by atomic mass is 32.1. The summed E-state index contributed by atoms with van der Waals surface area (Å²) in [5.41, 5.74) is 0.0245. The van der Waals surface area contributed by atoms with Crippen LogP contribution < -0.4 is 5.32 Å². The van der Waals surface area contributed by atoms with Crippen LogP contribution in [0.3, 0.4) is 0 Å². The number of hydrogen-bond donors (Lipinski definition) is 2. The molecule has 1 unspecified atom stereocenters. The third-order valence-corrected chi connectivity index (χ3v) is 3.34. The first-order chi connectivity index (χ1) is 10.0. The van der Waals surface area contributed by atoms with Crippen LogP contribution in [0.25, 0.3) is 0 Å². The number of aromatic nitrogens is 1. The molecular formula is C13H14N3O4S-. The van der Waals surface area contributed by atoms with E-state index in [9.17, 15) is 15.1 Å². The second kappa shape index (κ2) is 6.72. The number of nitrogens with one attached hydrogen (secondary N) is 1. The minimum absolute atomic E-state index is 0.00243. The van der Waals surface area contributed by atoms with E-state index < -0.39 is 11.8 Å². The van der Waals surface area contributed by atoms with Gasteiger partial charge in [-0.3, -0.25) is 10.0 Å². The van der Waals surface area contributed by atoms with Crippen LogP contribution in [-0.2, 0) is 9.63 Å². The fraction of sp³-hybridized carbons (Fsp3) is 0.308. The number of aliphatic hydroxyl groups excluding tert-OH is 1. The van der Waals surface area contributed by atoms with Gasteiger partial charge in [-0.25, -0.2) is 4.98 Å². The summed E-state index contributed by atoms with van der Waals surface area (Å²) in [6, 6.07) is 4.45. The molecule has 8 heteroatoms. The average molecular weight is 308 g/mol. The highest BCUT2D eigenvalue weighted by Gasteiger charge is 2.31. The van der Waals surface area contributed by atoms with Gasteiger partial charge in [-0.2, -0.15) is 0 Å². The van der Waals surface area contributed by atoms with Crippen molar-refractivity contribution in [3.63, 3.8) is 0 Å². The van der Waals surface area contributed by atoms with Gasteiger partial charge in [0.05, 0.1) is 12.7 Å². The zero-order valence-corrected chi connectivity index (χ0v) is 12.1. The van der Waals surface area contributed by atoms with E-state index in [4.69, 9.17) is 12.2 Å². The lowest BCUT2D eigenvalue weighted by molar-refractivity contribution is -0.136. The molecule has 0 aromatic carbocycles. The minimum atomic E-state index is -0.746. The van der Waals surface area contributed by atoms with Gasteiger partial charge in [-0.05, 0) is 12.1 Å². The Morgan fingerprint density at radius 3 is 2.90 bits per heavy atom. The van der Waals surface area contributed by atoms with E-state index in [-0.39, 0.29) is 29.2 Å². The molecule has 1 heterocycles. The predicted octanol–water partition coefficient (Wildman–Crippen LogP) is 1.73. The Hall–Kier alpha value is -1.87. The quantitative estimate of drug-likeness (QED) is 0.641. The number of ketones is 1. The molecule has 2 N–H and O–H groups in total. The highest BCUT2D eigenvalue weighted by molar-refractivity contribution is 7.81. The molecule has 0 radical (unpaired) electrons. The van der Waals surface area contributed by atoms with Crippen LogP contribution in [0.5, 0.6) is 0 Å². The smallest absolute Gasteiger partial charge is 0.170 e. The molecule has 0 bridgehead atoms. The van der Waals surface area contributed by atoms with Crippen molar-refractivity contribution in [3.8, 4) is 0 Å². The standard InChI is InChI=1S/C13H14N3O4S/c1-20-16(19)8-6-9(17)12(10(18)7-8)13(21)15-11-4-2-3-5-14-11/h2-5,8,17H,6-7H2,1H3,(H,14,15,21)/q-1. The van der Waals surface area contributed by atoms with Crippen LogP contribution >= 0.6 is 12.2 Å². The molecule has 1 aromatic heterocycles. The maximum atomic E-state index is 12.1. The lowest BCUT2D eigenvalue weighted by Crippen LogP contribution is -2.37. The normalized spacial score (nSPS) is 19.0. The van der Waals surface area contributed by atoms with Crippen molar-refractivity contribution in [3.05, 3.63) is 40.9 Å². The number of hydrogen-bond acceptors (Lipinski definition) is 7. The number of carbonyl (C=O) groups excluding carboxylic acids is 1. The lowest BCUT2D eigenvalue weighted by Gasteiger charge is -2.36. The predicted molar refractivity (Wildman–Crippen MR) is 80.4 cm³/mol. The molecule has 0 spiro atoms. The Morgan fingerprint density at radius 1 is 1.57 bits per heavy atom. The number of anilines is 1. The fourth-order valence-electron chi connectivity index (χ4n) is 2.05. The van der Waals surface area contributed by atoms with E-state index in [2.05, 4.69) is 15.1 Å². The molecular weight excluding hydrogens is 294 g/mol. The topological polar surface area (TPSA) is 97.8 Å². The van der Waals surface area contributed by atoms with E-state index in [1.165, 1.54) is 7.11 Å². The zero-order valence-electron chi connectivity index (χ0n) is 11.3. The van der Waals surface area contributed by atoms with Crippen LogP contribution in [0.2, 0.25) is 0 Å². The van der Waals surface area contributed by atoms with Gasteiger partial charge in [0, 0.05) is 25.1 Å². The monoisotopic (exact) mass is 308 g/mol. The second-order valence-electron chi connectivity index (χ2n) is 4.44. The van der Waals surface area contributed by atoms with Crippen LogP contribution in [0.1, 0.15) is 12.8 Å². The van der Waals surface area contributed by atoms with Crippen molar-refractivity contribution >= 4 is 28.8 Å². The van der Waals surface area contributed by atoms with Crippen LogP contribution in [0.4, 0.5) is 5.82 Å². The van der Waals surface area contributed by atoms with Crippen LogP contribution in [-0.4, -0.2) is 39.2 Å². The van der Waals surface area contributed by atoms with E-state index in [1.54, 1.807) is 24.4 Å². The Kier molecular flexibility index (Phi) is 4.97. The SMILES string of the molecule is CON([O-])C1CC(=O)C(C(=S)Nc2ccccn2)=C(O)C1. The van der Waals surface area contributed by atoms with Crippen molar-refractivity contribution < 1.29 is 14.7 Å². The van der Waals surface area contributed by atoms with Crippen molar-refractivity contribution in [1.82, 2.24) is 10.2 Å². The van der Waals surface area contributed by atoms with E-state index >= 15 is 0 Å². The van der Waals surface area contributed by atoms with Gasteiger partial charge in [-0.15, -0.1) is 0 Å². The number of carbonyl (C=O) groups is 1. The third kappa shape index (κ3) is 3.61. The number of rotatable bonds is 4.